The Morgan fingerprint density at radius 3 is 1.39 bits per heavy atom. The Morgan fingerprint density at radius 2 is 1.03 bits per heavy atom. The molecule has 0 heterocycles. The van der Waals surface area contributed by atoms with E-state index < -0.39 is 20.2 Å². The molecular weight excluding hydrogens is 436 g/mol. The van der Waals surface area contributed by atoms with Crippen LogP contribution in [0.1, 0.15) is 17.5 Å². The van der Waals surface area contributed by atoms with Gasteiger partial charge in [0.1, 0.15) is 0 Å². The predicted octanol–water partition coefficient (Wildman–Crippen LogP) is 3.85. The Bertz CT molecular complexity index is 1070. The van der Waals surface area contributed by atoms with Crippen LogP contribution in [-0.4, -0.2) is 30.0 Å². The highest BCUT2D eigenvalue weighted by Crippen LogP contribution is 2.48. The van der Waals surface area contributed by atoms with Crippen molar-refractivity contribution in [2.45, 2.75) is 30.1 Å². The van der Waals surface area contributed by atoms with E-state index in [2.05, 4.69) is 12.2 Å². The molecule has 0 amide bonds. The van der Waals surface area contributed by atoms with Crippen molar-refractivity contribution in [2.75, 3.05) is 13.2 Å². The number of hydrogen-bond donors (Lipinski definition) is 0. The predicted molar refractivity (Wildman–Crippen MR) is 116 cm³/mol. The molecule has 0 aromatic heterocycles. The molecule has 2 aliphatic carbocycles. The second kappa shape index (κ2) is 8.50. The van der Waals surface area contributed by atoms with Crippen LogP contribution in [0.25, 0.3) is 0 Å². The highest BCUT2D eigenvalue weighted by Gasteiger charge is 2.45. The summed E-state index contributed by atoms with van der Waals surface area (Å²) in [5.41, 5.74) is 1.92. The molecule has 8 heteroatoms. The van der Waals surface area contributed by atoms with Crippen molar-refractivity contribution < 1.29 is 25.2 Å². The Balaban J connectivity index is 1.43. The fraction of sp³-hybridized carbons (Fsp3) is 0.391. The molecule has 31 heavy (non-hydrogen) atoms. The molecule has 0 N–H and O–H groups in total. The summed E-state index contributed by atoms with van der Waals surface area (Å²) in [5, 5.41) is 0. The van der Waals surface area contributed by atoms with E-state index in [4.69, 9.17) is 8.37 Å². The van der Waals surface area contributed by atoms with Crippen molar-refractivity contribution >= 4 is 20.2 Å². The summed E-state index contributed by atoms with van der Waals surface area (Å²) in [5.74, 6) is 0.0784. The molecule has 1 saturated carbocycles. The molecule has 2 bridgehead atoms. The van der Waals surface area contributed by atoms with Crippen LogP contribution in [0.5, 0.6) is 0 Å². The van der Waals surface area contributed by atoms with E-state index in [0.29, 0.717) is 0 Å². The molecule has 0 spiro atoms. The first-order chi connectivity index (χ1) is 14.7. The quantitative estimate of drug-likeness (QED) is 0.437. The van der Waals surface area contributed by atoms with E-state index in [0.717, 1.165) is 17.5 Å². The average Bonchev–Trinajstić information content (AvgIpc) is 3.33. The molecular formula is C23H26O6S2. The lowest BCUT2D eigenvalue weighted by molar-refractivity contribution is 0.138. The maximum Gasteiger partial charge on any atom is 0.296 e. The Morgan fingerprint density at radius 1 is 0.677 bits per heavy atom. The highest BCUT2D eigenvalue weighted by atomic mass is 32.2. The molecule has 2 aromatic carbocycles. The molecule has 4 atom stereocenters. The van der Waals surface area contributed by atoms with Gasteiger partial charge in [-0.2, -0.15) is 16.8 Å². The van der Waals surface area contributed by atoms with Crippen molar-refractivity contribution in [3.05, 3.63) is 71.8 Å². The minimum absolute atomic E-state index is 0.000320. The van der Waals surface area contributed by atoms with E-state index in [9.17, 15) is 16.8 Å². The zero-order valence-electron chi connectivity index (χ0n) is 17.5. The molecule has 0 aliphatic heterocycles. The molecule has 0 saturated heterocycles. The summed E-state index contributed by atoms with van der Waals surface area (Å²) in [7, 11) is -7.76. The maximum atomic E-state index is 12.6. The van der Waals surface area contributed by atoms with Gasteiger partial charge in [-0.3, -0.25) is 8.37 Å². The van der Waals surface area contributed by atoms with Crippen LogP contribution >= 0.6 is 0 Å². The fourth-order valence-electron chi connectivity index (χ4n) is 4.40. The van der Waals surface area contributed by atoms with Crippen LogP contribution in [0.2, 0.25) is 0 Å². The number of rotatable bonds is 8. The van der Waals surface area contributed by atoms with Gasteiger partial charge < -0.3 is 0 Å². The minimum atomic E-state index is -3.88. The summed E-state index contributed by atoms with van der Waals surface area (Å²) in [6, 6.07) is 13.0. The zero-order chi connectivity index (χ0) is 22.2. The van der Waals surface area contributed by atoms with Crippen LogP contribution in [-0.2, 0) is 28.6 Å². The number of allylic oxidation sites excluding steroid dienone is 2. The molecule has 2 aromatic rings. The van der Waals surface area contributed by atoms with Crippen LogP contribution in [0.15, 0.2) is 70.5 Å². The third-order valence-electron chi connectivity index (χ3n) is 6.25. The first-order valence-electron chi connectivity index (χ1n) is 10.3. The molecule has 6 nitrogen and oxygen atoms in total. The molecule has 1 fully saturated rings. The Labute approximate surface area is 184 Å². The first-order valence-corrected chi connectivity index (χ1v) is 13.1. The van der Waals surface area contributed by atoms with Gasteiger partial charge in [0.25, 0.3) is 20.2 Å². The number of hydrogen-bond acceptors (Lipinski definition) is 6. The van der Waals surface area contributed by atoms with Crippen molar-refractivity contribution in [1.82, 2.24) is 0 Å². The van der Waals surface area contributed by atoms with Crippen molar-refractivity contribution in [3.8, 4) is 0 Å². The fourth-order valence-corrected chi connectivity index (χ4v) is 6.29. The third kappa shape index (κ3) is 4.77. The monoisotopic (exact) mass is 462 g/mol. The summed E-state index contributed by atoms with van der Waals surface area (Å²) in [6.45, 7) is 3.77. The summed E-state index contributed by atoms with van der Waals surface area (Å²) in [4.78, 5) is 0.234. The van der Waals surface area contributed by atoms with E-state index in [1.54, 1.807) is 24.3 Å². The van der Waals surface area contributed by atoms with Gasteiger partial charge >= 0.3 is 0 Å². The van der Waals surface area contributed by atoms with E-state index >= 15 is 0 Å². The SMILES string of the molecule is Cc1ccc(S(=O)(=O)OCC2C(COS(=O)(=O)c3ccc(C)cc3)[C@H]3C=C[C@@H]2C3)cc1. The maximum absolute atomic E-state index is 12.6. The van der Waals surface area contributed by atoms with Gasteiger partial charge in [-0.05, 0) is 68.2 Å². The lowest BCUT2D eigenvalue weighted by atomic mass is 9.84. The first kappa shape index (κ1) is 22.2. The van der Waals surface area contributed by atoms with Gasteiger partial charge in [-0.1, -0.05) is 47.5 Å². The number of aryl methyl sites for hydroxylation is 2. The highest BCUT2D eigenvalue weighted by molar-refractivity contribution is 7.87. The van der Waals surface area contributed by atoms with E-state index in [-0.39, 0.29) is 46.7 Å². The number of fused-ring (bicyclic) bond motifs is 2. The van der Waals surface area contributed by atoms with Crippen LogP contribution in [0.3, 0.4) is 0 Å². The zero-order valence-corrected chi connectivity index (χ0v) is 19.1. The average molecular weight is 463 g/mol. The lowest BCUT2D eigenvalue weighted by Crippen LogP contribution is -2.30. The normalized spacial score (nSPS) is 25.2. The van der Waals surface area contributed by atoms with Crippen LogP contribution < -0.4 is 0 Å². The Kier molecular flexibility index (Phi) is 6.09. The van der Waals surface area contributed by atoms with Crippen LogP contribution in [0, 0.1) is 37.5 Å². The molecule has 4 rings (SSSR count). The van der Waals surface area contributed by atoms with Crippen molar-refractivity contribution in [3.63, 3.8) is 0 Å². The second-order valence-electron chi connectivity index (χ2n) is 8.38. The van der Waals surface area contributed by atoms with Gasteiger partial charge in [-0.15, -0.1) is 0 Å². The summed E-state index contributed by atoms with van der Waals surface area (Å²) in [6.07, 6.45) is 5.00. The molecule has 166 valence electrons. The largest absolute Gasteiger partial charge is 0.296 e. The van der Waals surface area contributed by atoms with E-state index in [1.807, 2.05) is 13.8 Å². The molecule has 0 radical (unpaired) electrons. The van der Waals surface area contributed by atoms with Crippen LogP contribution in [0.4, 0.5) is 0 Å². The second-order valence-corrected chi connectivity index (χ2v) is 11.6. The topological polar surface area (TPSA) is 86.7 Å². The van der Waals surface area contributed by atoms with Gasteiger partial charge in [0.05, 0.1) is 23.0 Å². The summed E-state index contributed by atoms with van der Waals surface area (Å²) >= 11 is 0. The summed E-state index contributed by atoms with van der Waals surface area (Å²) < 4.78 is 61.1. The van der Waals surface area contributed by atoms with Gasteiger partial charge in [0.2, 0.25) is 0 Å². The van der Waals surface area contributed by atoms with E-state index in [1.165, 1.54) is 24.3 Å². The number of benzene rings is 2. The molecule has 2 unspecified atom stereocenters. The third-order valence-corrected chi connectivity index (χ3v) is 8.84. The van der Waals surface area contributed by atoms with Gasteiger partial charge in [0.15, 0.2) is 0 Å². The lowest BCUT2D eigenvalue weighted by Gasteiger charge is -2.27. The standard InChI is InChI=1S/C23H26O6S2/c1-16-3-9-20(10-4-16)30(24,25)28-14-22-18-7-8-19(13-18)23(22)15-29-31(26,27)21-11-5-17(2)6-12-21/h3-12,18-19,22-23H,13-15H2,1-2H3/t18-,19+,22?,23?. The Hall–Kier alpha value is -2.00. The smallest absolute Gasteiger partial charge is 0.266 e. The molecule has 2 aliphatic rings. The van der Waals surface area contributed by atoms with Crippen molar-refractivity contribution in [1.29, 1.82) is 0 Å². The van der Waals surface area contributed by atoms with Crippen molar-refractivity contribution in [2.24, 2.45) is 23.7 Å². The van der Waals surface area contributed by atoms with Gasteiger partial charge in [-0.25, -0.2) is 0 Å². The van der Waals surface area contributed by atoms with Gasteiger partial charge in [0, 0.05) is 0 Å². The minimum Gasteiger partial charge on any atom is -0.266 e.